The average Bonchev–Trinajstić information content (AvgIpc) is 3.15. The van der Waals surface area contributed by atoms with E-state index >= 15 is 0 Å². The van der Waals surface area contributed by atoms with E-state index in [2.05, 4.69) is 10.1 Å². The highest BCUT2D eigenvalue weighted by Gasteiger charge is 2.13. The van der Waals surface area contributed by atoms with Crippen LogP contribution in [0.3, 0.4) is 0 Å². The molecule has 3 rings (SSSR count). The topological polar surface area (TPSA) is 68.5 Å². The van der Waals surface area contributed by atoms with Gasteiger partial charge in [0.2, 0.25) is 0 Å². The molecular formula is C20H20ClN3O3. The number of carbonyl (C=O) groups excluding carboxylic acids is 1. The summed E-state index contributed by atoms with van der Waals surface area (Å²) in [5.74, 6) is 1.50. The van der Waals surface area contributed by atoms with Gasteiger partial charge in [-0.3, -0.25) is 4.79 Å². The van der Waals surface area contributed by atoms with Gasteiger partial charge in [0.25, 0.3) is 11.8 Å². The second-order valence-corrected chi connectivity index (χ2v) is 6.63. The highest BCUT2D eigenvalue weighted by Crippen LogP contribution is 2.18. The van der Waals surface area contributed by atoms with Gasteiger partial charge in [-0.25, -0.2) is 0 Å². The van der Waals surface area contributed by atoms with E-state index in [9.17, 15) is 4.79 Å². The van der Waals surface area contributed by atoms with Gasteiger partial charge < -0.3 is 14.2 Å². The van der Waals surface area contributed by atoms with Crippen LogP contribution in [0.4, 0.5) is 0 Å². The molecule has 2 aromatic carbocycles. The Bertz CT molecular complexity index is 892. The van der Waals surface area contributed by atoms with E-state index in [0.717, 1.165) is 5.56 Å². The summed E-state index contributed by atoms with van der Waals surface area (Å²) in [7, 11) is 1.72. The molecule has 1 amide bonds. The normalized spacial score (nSPS) is 10.6. The predicted octanol–water partition coefficient (Wildman–Crippen LogP) is 3.78. The Labute approximate surface area is 162 Å². The fourth-order valence-corrected chi connectivity index (χ4v) is 2.47. The van der Waals surface area contributed by atoms with E-state index in [1.165, 1.54) is 5.56 Å². The summed E-state index contributed by atoms with van der Waals surface area (Å²) in [6.45, 7) is 2.45. The van der Waals surface area contributed by atoms with Crippen LogP contribution in [0, 0.1) is 6.92 Å². The van der Waals surface area contributed by atoms with E-state index < -0.39 is 0 Å². The van der Waals surface area contributed by atoms with E-state index in [0.29, 0.717) is 35.5 Å². The zero-order valence-electron chi connectivity index (χ0n) is 15.2. The number of hydrogen-bond donors (Lipinski definition) is 0. The van der Waals surface area contributed by atoms with Crippen LogP contribution in [0.15, 0.2) is 53.1 Å². The van der Waals surface area contributed by atoms with Crippen LogP contribution in [-0.4, -0.2) is 41.1 Å². The molecule has 6 nitrogen and oxygen atoms in total. The van der Waals surface area contributed by atoms with Crippen molar-refractivity contribution in [2.45, 2.75) is 13.3 Å². The standard InChI is InChI=1S/C20H20ClN3O3/c1-14-3-5-15(6-4-14)20-22-18(23-27-20)11-12-24(2)19(25)13-26-17-9-7-16(21)8-10-17/h3-10H,11-13H2,1-2H3. The molecule has 0 spiro atoms. The van der Waals surface area contributed by atoms with E-state index in [1.807, 2.05) is 31.2 Å². The summed E-state index contributed by atoms with van der Waals surface area (Å²) in [4.78, 5) is 18.1. The SMILES string of the molecule is Cc1ccc(-c2nc(CCN(C)C(=O)COc3ccc(Cl)cc3)no2)cc1. The summed E-state index contributed by atoms with van der Waals surface area (Å²) in [6.07, 6.45) is 0.499. The summed E-state index contributed by atoms with van der Waals surface area (Å²) in [6, 6.07) is 14.7. The van der Waals surface area contributed by atoms with Gasteiger partial charge in [-0.05, 0) is 43.3 Å². The molecule has 0 aliphatic rings. The molecule has 0 aliphatic carbocycles. The molecule has 0 saturated heterocycles. The van der Waals surface area contributed by atoms with Gasteiger partial charge in [-0.15, -0.1) is 0 Å². The number of halogens is 1. The highest BCUT2D eigenvalue weighted by molar-refractivity contribution is 6.30. The molecule has 0 saturated carbocycles. The molecule has 140 valence electrons. The lowest BCUT2D eigenvalue weighted by Crippen LogP contribution is -2.33. The van der Waals surface area contributed by atoms with Gasteiger partial charge >= 0.3 is 0 Å². The minimum absolute atomic E-state index is 0.0427. The van der Waals surface area contributed by atoms with Gasteiger partial charge in [0.05, 0.1) is 0 Å². The first kappa shape index (κ1) is 18.9. The number of carbonyl (C=O) groups is 1. The van der Waals surface area contributed by atoms with Crippen molar-refractivity contribution in [2.75, 3.05) is 20.2 Å². The number of amides is 1. The zero-order chi connectivity index (χ0) is 19.2. The first-order chi connectivity index (χ1) is 13.0. The maximum atomic E-state index is 12.2. The number of nitrogens with zero attached hydrogens (tertiary/aromatic N) is 3. The number of aryl methyl sites for hydroxylation is 1. The van der Waals surface area contributed by atoms with Gasteiger partial charge in [0.1, 0.15) is 5.75 Å². The number of ether oxygens (including phenoxy) is 1. The lowest BCUT2D eigenvalue weighted by atomic mass is 10.1. The molecule has 0 bridgehead atoms. The third-order valence-electron chi connectivity index (χ3n) is 4.04. The molecule has 27 heavy (non-hydrogen) atoms. The zero-order valence-corrected chi connectivity index (χ0v) is 15.9. The summed E-state index contributed by atoms with van der Waals surface area (Å²) < 4.78 is 10.8. The number of likely N-dealkylation sites (N-methyl/N-ethyl adjacent to an activating group) is 1. The van der Waals surface area contributed by atoms with Gasteiger partial charge in [-0.2, -0.15) is 4.98 Å². The molecule has 3 aromatic rings. The van der Waals surface area contributed by atoms with Crippen LogP contribution in [0.2, 0.25) is 5.02 Å². The maximum Gasteiger partial charge on any atom is 0.260 e. The van der Waals surface area contributed by atoms with E-state index in [4.69, 9.17) is 20.9 Å². The van der Waals surface area contributed by atoms with Crippen LogP contribution in [-0.2, 0) is 11.2 Å². The van der Waals surface area contributed by atoms with Crippen molar-refractivity contribution in [3.05, 3.63) is 64.9 Å². The quantitative estimate of drug-likeness (QED) is 0.619. The van der Waals surface area contributed by atoms with Crippen molar-refractivity contribution in [3.63, 3.8) is 0 Å². The molecule has 0 fully saturated rings. The Kier molecular flexibility index (Phi) is 6.08. The molecule has 0 unspecified atom stereocenters. The van der Waals surface area contributed by atoms with Crippen molar-refractivity contribution < 1.29 is 14.1 Å². The Morgan fingerprint density at radius 3 is 2.56 bits per heavy atom. The maximum absolute atomic E-state index is 12.2. The fraction of sp³-hybridized carbons (Fsp3) is 0.250. The number of rotatable bonds is 7. The molecule has 0 atom stereocenters. The van der Waals surface area contributed by atoms with Gasteiger partial charge in [0, 0.05) is 30.6 Å². The third-order valence-corrected chi connectivity index (χ3v) is 4.29. The monoisotopic (exact) mass is 385 g/mol. The summed E-state index contributed by atoms with van der Waals surface area (Å²) >= 11 is 5.82. The van der Waals surface area contributed by atoms with Crippen molar-refractivity contribution in [1.82, 2.24) is 15.0 Å². The van der Waals surface area contributed by atoms with Crippen LogP contribution >= 0.6 is 11.6 Å². The van der Waals surface area contributed by atoms with E-state index in [-0.39, 0.29) is 12.5 Å². The molecular weight excluding hydrogens is 366 g/mol. The smallest absolute Gasteiger partial charge is 0.260 e. The second-order valence-electron chi connectivity index (χ2n) is 6.19. The predicted molar refractivity (Wildman–Crippen MR) is 103 cm³/mol. The van der Waals surface area contributed by atoms with Crippen LogP contribution in [0.25, 0.3) is 11.5 Å². The van der Waals surface area contributed by atoms with Crippen molar-refractivity contribution in [2.24, 2.45) is 0 Å². The van der Waals surface area contributed by atoms with Crippen molar-refractivity contribution >= 4 is 17.5 Å². The number of hydrogen-bond acceptors (Lipinski definition) is 5. The largest absolute Gasteiger partial charge is 0.484 e. The molecule has 0 aliphatic heterocycles. The van der Waals surface area contributed by atoms with Crippen LogP contribution in [0.5, 0.6) is 5.75 Å². The van der Waals surface area contributed by atoms with Gasteiger partial charge in [0.15, 0.2) is 12.4 Å². The number of benzene rings is 2. The fourth-order valence-electron chi connectivity index (χ4n) is 2.35. The average molecular weight is 386 g/mol. The molecule has 1 aromatic heterocycles. The molecule has 0 N–H and O–H groups in total. The Morgan fingerprint density at radius 1 is 1.15 bits per heavy atom. The lowest BCUT2D eigenvalue weighted by molar-refractivity contribution is -0.132. The van der Waals surface area contributed by atoms with Crippen LogP contribution in [0.1, 0.15) is 11.4 Å². The van der Waals surface area contributed by atoms with Crippen molar-refractivity contribution in [1.29, 1.82) is 0 Å². The molecule has 1 heterocycles. The number of aromatic nitrogens is 2. The van der Waals surface area contributed by atoms with Crippen LogP contribution < -0.4 is 4.74 Å². The highest BCUT2D eigenvalue weighted by atomic mass is 35.5. The lowest BCUT2D eigenvalue weighted by Gasteiger charge is -2.16. The Morgan fingerprint density at radius 2 is 1.85 bits per heavy atom. The minimum Gasteiger partial charge on any atom is -0.484 e. The molecule has 7 heteroatoms. The Balaban J connectivity index is 1.48. The van der Waals surface area contributed by atoms with E-state index in [1.54, 1.807) is 36.2 Å². The van der Waals surface area contributed by atoms with Gasteiger partial charge in [-0.1, -0.05) is 34.5 Å². The first-order valence-electron chi connectivity index (χ1n) is 8.53. The summed E-state index contributed by atoms with van der Waals surface area (Å²) in [5, 5.41) is 4.60. The van der Waals surface area contributed by atoms with Crippen molar-refractivity contribution in [3.8, 4) is 17.2 Å². The minimum atomic E-state index is -0.132. The first-order valence-corrected chi connectivity index (χ1v) is 8.91. The summed E-state index contributed by atoms with van der Waals surface area (Å²) in [5.41, 5.74) is 2.04. The molecule has 0 radical (unpaired) electrons. The third kappa shape index (κ3) is 5.31. The Hall–Kier alpha value is -2.86. The second kappa shape index (κ2) is 8.68.